The Morgan fingerprint density at radius 1 is 1.47 bits per heavy atom. The molecular weight excluding hydrogens is 260 g/mol. The predicted octanol–water partition coefficient (Wildman–Crippen LogP) is 3.94. The lowest BCUT2D eigenvalue weighted by Crippen LogP contribution is -2.06. The molecule has 0 amide bonds. The minimum Gasteiger partial charge on any atom is -0.449 e. The van der Waals surface area contributed by atoms with Crippen LogP contribution < -0.4 is 4.74 Å². The van der Waals surface area contributed by atoms with Crippen LogP contribution in [-0.2, 0) is 0 Å². The third kappa shape index (κ3) is 2.96. The van der Waals surface area contributed by atoms with E-state index in [4.69, 9.17) is 9.84 Å². The van der Waals surface area contributed by atoms with Gasteiger partial charge in [-0.2, -0.15) is 0 Å². The lowest BCUT2D eigenvalue weighted by molar-refractivity contribution is 0.144. The van der Waals surface area contributed by atoms with Crippen LogP contribution in [0.3, 0.4) is 0 Å². The van der Waals surface area contributed by atoms with Gasteiger partial charge in [0.25, 0.3) is 0 Å². The van der Waals surface area contributed by atoms with Crippen LogP contribution in [0.1, 0.15) is 30.9 Å². The van der Waals surface area contributed by atoms with Crippen LogP contribution in [0, 0.1) is 6.92 Å². The van der Waals surface area contributed by atoms with Gasteiger partial charge in [-0.15, -0.1) is 0 Å². The zero-order valence-electron chi connectivity index (χ0n) is 8.87. The van der Waals surface area contributed by atoms with Crippen molar-refractivity contribution >= 4 is 22.1 Å². The van der Waals surface area contributed by atoms with Crippen molar-refractivity contribution in [2.24, 2.45) is 0 Å². The lowest BCUT2D eigenvalue weighted by atomic mass is 10.0. The number of carboxylic acid groups (broad SMARTS) is 1. The van der Waals surface area contributed by atoms with Crippen LogP contribution in [0.15, 0.2) is 16.6 Å². The Morgan fingerprint density at radius 2 is 2.07 bits per heavy atom. The summed E-state index contributed by atoms with van der Waals surface area (Å²) in [6, 6.07) is 3.63. The van der Waals surface area contributed by atoms with Crippen molar-refractivity contribution in [1.29, 1.82) is 0 Å². The topological polar surface area (TPSA) is 46.5 Å². The van der Waals surface area contributed by atoms with Crippen molar-refractivity contribution in [3.8, 4) is 5.75 Å². The first-order valence-corrected chi connectivity index (χ1v) is 5.42. The Labute approximate surface area is 97.2 Å². The highest BCUT2D eigenvalue weighted by Gasteiger charge is 2.13. The molecule has 0 heterocycles. The second kappa shape index (κ2) is 4.66. The van der Waals surface area contributed by atoms with Gasteiger partial charge >= 0.3 is 6.16 Å². The summed E-state index contributed by atoms with van der Waals surface area (Å²) in [5, 5.41) is 8.60. The van der Waals surface area contributed by atoms with Gasteiger partial charge in [-0.05, 0) is 36.1 Å². The molecule has 0 spiro atoms. The van der Waals surface area contributed by atoms with Crippen molar-refractivity contribution in [3.05, 3.63) is 27.7 Å². The SMILES string of the molecule is Cc1cc(OC(=O)O)c(C(C)C)cc1Br. The molecular formula is C11H13BrO3. The maximum Gasteiger partial charge on any atom is 0.511 e. The maximum absolute atomic E-state index is 10.5. The third-order valence-corrected chi connectivity index (χ3v) is 2.96. The van der Waals surface area contributed by atoms with Gasteiger partial charge in [0.05, 0.1) is 0 Å². The number of benzene rings is 1. The van der Waals surface area contributed by atoms with E-state index in [0.29, 0.717) is 5.75 Å². The van der Waals surface area contributed by atoms with Crippen molar-refractivity contribution in [3.63, 3.8) is 0 Å². The molecule has 82 valence electrons. The molecule has 0 aliphatic rings. The molecule has 0 radical (unpaired) electrons. The molecule has 0 aromatic heterocycles. The van der Waals surface area contributed by atoms with E-state index < -0.39 is 6.16 Å². The van der Waals surface area contributed by atoms with Gasteiger partial charge in [0.15, 0.2) is 0 Å². The number of ether oxygens (including phenoxy) is 1. The van der Waals surface area contributed by atoms with Crippen molar-refractivity contribution in [1.82, 2.24) is 0 Å². The Kier molecular flexibility index (Phi) is 3.74. The summed E-state index contributed by atoms with van der Waals surface area (Å²) in [6.45, 7) is 5.88. The Hall–Kier alpha value is -1.03. The fourth-order valence-electron chi connectivity index (χ4n) is 1.30. The standard InChI is InChI=1S/C11H13BrO3/c1-6(2)8-5-9(12)7(3)4-10(8)15-11(13)14/h4-6H,1-3H3,(H,13,14). The Balaban J connectivity index is 3.21. The van der Waals surface area contributed by atoms with Crippen LogP contribution in [0.4, 0.5) is 4.79 Å². The first-order chi connectivity index (χ1) is 6.91. The van der Waals surface area contributed by atoms with Crippen LogP contribution in [-0.4, -0.2) is 11.3 Å². The van der Waals surface area contributed by atoms with Crippen molar-refractivity contribution in [2.75, 3.05) is 0 Å². The van der Waals surface area contributed by atoms with Crippen molar-refractivity contribution in [2.45, 2.75) is 26.7 Å². The molecule has 0 bridgehead atoms. The van der Waals surface area contributed by atoms with E-state index in [1.54, 1.807) is 6.07 Å². The highest BCUT2D eigenvalue weighted by Crippen LogP contribution is 2.32. The van der Waals surface area contributed by atoms with E-state index >= 15 is 0 Å². The molecule has 4 heteroatoms. The van der Waals surface area contributed by atoms with Gasteiger partial charge in [0.2, 0.25) is 0 Å². The summed E-state index contributed by atoms with van der Waals surface area (Å²) in [5.74, 6) is 0.634. The van der Waals surface area contributed by atoms with Crippen molar-refractivity contribution < 1.29 is 14.6 Å². The highest BCUT2D eigenvalue weighted by atomic mass is 79.9. The fourth-order valence-corrected chi connectivity index (χ4v) is 1.67. The number of carbonyl (C=O) groups is 1. The van der Waals surface area contributed by atoms with Gasteiger partial charge < -0.3 is 9.84 Å². The molecule has 0 aliphatic heterocycles. The van der Waals surface area contributed by atoms with E-state index in [0.717, 1.165) is 15.6 Å². The largest absolute Gasteiger partial charge is 0.511 e. The van der Waals surface area contributed by atoms with Crippen LogP contribution in [0.2, 0.25) is 0 Å². The smallest absolute Gasteiger partial charge is 0.449 e. The molecule has 0 saturated heterocycles. The minimum atomic E-state index is -1.28. The van der Waals surface area contributed by atoms with E-state index in [2.05, 4.69) is 15.9 Å². The Bertz CT molecular complexity index is 386. The zero-order chi connectivity index (χ0) is 11.6. The molecule has 1 aromatic rings. The molecule has 0 fully saturated rings. The fraction of sp³-hybridized carbons (Fsp3) is 0.364. The first kappa shape index (κ1) is 12.0. The number of hydrogen-bond acceptors (Lipinski definition) is 2. The Morgan fingerprint density at radius 3 is 2.53 bits per heavy atom. The quantitative estimate of drug-likeness (QED) is 0.655. The minimum absolute atomic E-state index is 0.219. The average Bonchev–Trinajstić information content (AvgIpc) is 2.09. The summed E-state index contributed by atoms with van der Waals surface area (Å²) >= 11 is 3.41. The molecule has 0 unspecified atom stereocenters. The maximum atomic E-state index is 10.5. The monoisotopic (exact) mass is 272 g/mol. The summed E-state index contributed by atoms with van der Waals surface area (Å²) < 4.78 is 5.70. The first-order valence-electron chi connectivity index (χ1n) is 4.62. The van der Waals surface area contributed by atoms with E-state index in [1.165, 1.54) is 0 Å². The summed E-state index contributed by atoms with van der Waals surface area (Å²) in [7, 11) is 0. The van der Waals surface area contributed by atoms with Gasteiger partial charge in [-0.25, -0.2) is 4.79 Å². The zero-order valence-corrected chi connectivity index (χ0v) is 10.5. The van der Waals surface area contributed by atoms with E-state index in [9.17, 15) is 4.79 Å². The average molecular weight is 273 g/mol. The van der Waals surface area contributed by atoms with Gasteiger partial charge in [-0.1, -0.05) is 29.8 Å². The predicted molar refractivity (Wildman–Crippen MR) is 61.6 cm³/mol. The summed E-state index contributed by atoms with van der Waals surface area (Å²) in [6.07, 6.45) is -1.28. The molecule has 1 N–H and O–H groups in total. The number of aryl methyl sites for hydroxylation is 1. The van der Waals surface area contributed by atoms with E-state index in [-0.39, 0.29) is 5.92 Å². The number of halogens is 1. The highest BCUT2D eigenvalue weighted by molar-refractivity contribution is 9.10. The van der Waals surface area contributed by atoms with Gasteiger partial charge in [0, 0.05) is 4.47 Å². The van der Waals surface area contributed by atoms with Crippen LogP contribution in [0.25, 0.3) is 0 Å². The second-order valence-electron chi connectivity index (χ2n) is 3.66. The second-order valence-corrected chi connectivity index (χ2v) is 4.52. The molecule has 1 rings (SSSR count). The summed E-state index contributed by atoms with van der Waals surface area (Å²) in [5.41, 5.74) is 1.84. The molecule has 0 aliphatic carbocycles. The molecule has 15 heavy (non-hydrogen) atoms. The van der Waals surface area contributed by atoms with Crippen LogP contribution >= 0.6 is 15.9 Å². The summed E-state index contributed by atoms with van der Waals surface area (Å²) in [4.78, 5) is 10.5. The molecule has 1 aromatic carbocycles. The number of rotatable bonds is 2. The van der Waals surface area contributed by atoms with Gasteiger partial charge in [0.1, 0.15) is 5.75 Å². The van der Waals surface area contributed by atoms with Crippen LogP contribution in [0.5, 0.6) is 5.75 Å². The lowest BCUT2D eigenvalue weighted by Gasteiger charge is -2.13. The molecule has 3 nitrogen and oxygen atoms in total. The molecule has 0 atom stereocenters. The van der Waals surface area contributed by atoms with Gasteiger partial charge in [-0.3, -0.25) is 0 Å². The van der Waals surface area contributed by atoms with E-state index in [1.807, 2.05) is 26.8 Å². The third-order valence-electron chi connectivity index (χ3n) is 2.11. The number of hydrogen-bond donors (Lipinski definition) is 1. The molecule has 0 saturated carbocycles. The normalized spacial score (nSPS) is 10.5.